The second-order valence-corrected chi connectivity index (χ2v) is 5.18. The molecule has 2 rings (SSSR count). The fraction of sp³-hybridized carbons (Fsp3) is 0.625. The number of hydrogen-bond acceptors (Lipinski definition) is 3. The summed E-state index contributed by atoms with van der Waals surface area (Å²) in [7, 11) is 2.01. The summed E-state index contributed by atoms with van der Waals surface area (Å²) >= 11 is 0. The highest BCUT2D eigenvalue weighted by atomic mass is 16.5. The van der Waals surface area contributed by atoms with Crippen LogP contribution in [0.15, 0.2) is 30.3 Å². The van der Waals surface area contributed by atoms with Gasteiger partial charge in [0.1, 0.15) is 0 Å². The molecule has 106 valence electrons. The lowest BCUT2D eigenvalue weighted by Crippen LogP contribution is -2.38. The highest BCUT2D eigenvalue weighted by molar-refractivity contribution is 5.14. The Morgan fingerprint density at radius 2 is 2.21 bits per heavy atom. The zero-order valence-corrected chi connectivity index (χ0v) is 11.8. The van der Waals surface area contributed by atoms with Crippen LogP contribution in [0.25, 0.3) is 0 Å². The Morgan fingerprint density at radius 1 is 1.37 bits per heavy atom. The number of ether oxygens (including phenoxy) is 2. The van der Waals surface area contributed by atoms with Crippen molar-refractivity contribution in [2.75, 3.05) is 33.5 Å². The minimum atomic E-state index is 0.430. The Kier molecular flexibility index (Phi) is 6.34. The van der Waals surface area contributed by atoms with Gasteiger partial charge in [-0.3, -0.25) is 0 Å². The molecule has 0 radical (unpaired) electrons. The van der Waals surface area contributed by atoms with Gasteiger partial charge in [-0.25, -0.2) is 0 Å². The van der Waals surface area contributed by atoms with Gasteiger partial charge in [-0.1, -0.05) is 30.3 Å². The van der Waals surface area contributed by atoms with Crippen LogP contribution >= 0.6 is 0 Å². The van der Waals surface area contributed by atoms with Crippen molar-refractivity contribution in [2.45, 2.75) is 25.3 Å². The average Bonchev–Trinajstić information content (AvgIpc) is 2.98. The first-order valence-corrected chi connectivity index (χ1v) is 7.27. The number of benzene rings is 1. The summed E-state index contributed by atoms with van der Waals surface area (Å²) in [4.78, 5) is 0. The Morgan fingerprint density at radius 3 is 2.89 bits per heavy atom. The quantitative estimate of drug-likeness (QED) is 0.730. The second kappa shape index (κ2) is 8.31. The topological polar surface area (TPSA) is 30.5 Å². The summed E-state index contributed by atoms with van der Waals surface area (Å²) in [6.45, 7) is 3.40. The predicted molar refractivity (Wildman–Crippen MR) is 77.4 cm³/mol. The monoisotopic (exact) mass is 263 g/mol. The van der Waals surface area contributed by atoms with Crippen LogP contribution in [0, 0.1) is 5.92 Å². The first-order valence-electron chi connectivity index (χ1n) is 7.27. The van der Waals surface area contributed by atoms with E-state index in [9.17, 15) is 0 Å². The molecule has 1 fully saturated rings. The summed E-state index contributed by atoms with van der Waals surface area (Å²) in [6, 6.07) is 11.0. The molecule has 0 saturated carbocycles. The molecule has 1 aromatic carbocycles. The molecule has 3 heteroatoms. The zero-order chi connectivity index (χ0) is 13.3. The highest BCUT2D eigenvalue weighted by Gasteiger charge is 2.24. The molecule has 2 atom stereocenters. The van der Waals surface area contributed by atoms with Crippen molar-refractivity contribution in [3.63, 3.8) is 0 Å². The van der Waals surface area contributed by atoms with Crippen molar-refractivity contribution in [3.8, 4) is 0 Å². The van der Waals surface area contributed by atoms with Crippen molar-refractivity contribution in [1.82, 2.24) is 5.32 Å². The molecular weight excluding hydrogens is 238 g/mol. The Labute approximate surface area is 116 Å². The number of likely N-dealkylation sites (N-methyl/N-ethyl adjacent to an activating group) is 1. The van der Waals surface area contributed by atoms with Gasteiger partial charge in [-0.2, -0.15) is 0 Å². The molecule has 0 aliphatic carbocycles. The Balaban J connectivity index is 1.58. The lowest BCUT2D eigenvalue weighted by molar-refractivity contribution is 0.0884. The predicted octanol–water partition coefficient (Wildman–Crippen LogP) is 2.26. The van der Waals surface area contributed by atoms with E-state index in [4.69, 9.17) is 9.47 Å². The third kappa shape index (κ3) is 4.94. The molecule has 0 amide bonds. The SMILES string of the molecule is CNC(COCCCc1ccccc1)C1CCOC1. The fourth-order valence-corrected chi connectivity index (χ4v) is 2.56. The smallest absolute Gasteiger partial charge is 0.0623 e. The number of hydrogen-bond donors (Lipinski definition) is 1. The van der Waals surface area contributed by atoms with E-state index in [1.54, 1.807) is 0 Å². The summed E-state index contributed by atoms with van der Waals surface area (Å²) in [6.07, 6.45) is 3.33. The lowest BCUT2D eigenvalue weighted by atomic mass is 10.00. The summed E-state index contributed by atoms with van der Waals surface area (Å²) in [5.41, 5.74) is 1.39. The Hall–Kier alpha value is -0.900. The minimum Gasteiger partial charge on any atom is -0.381 e. The van der Waals surface area contributed by atoms with Gasteiger partial charge >= 0.3 is 0 Å². The molecular formula is C16H25NO2. The van der Waals surface area contributed by atoms with E-state index in [-0.39, 0.29) is 0 Å². The minimum absolute atomic E-state index is 0.430. The number of nitrogens with one attached hydrogen (secondary N) is 1. The summed E-state index contributed by atoms with van der Waals surface area (Å²) in [5.74, 6) is 0.610. The van der Waals surface area contributed by atoms with Crippen LogP contribution < -0.4 is 5.32 Å². The van der Waals surface area contributed by atoms with E-state index >= 15 is 0 Å². The molecule has 1 aromatic rings. The van der Waals surface area contributed by atoms with E-state index in [1.807, 2.05) is 7.05 Å². The van der Waals surface area contributed by atoms with Gasteiger partial charge in [-0.05, 0) is 31.9 Å². The first-order chi connectivity index (χ1) is 9.40. The van der Waals surface area contributed by atoms with Crippen LogP contribution in [0.5, 0.6) is 0 Å². The molecule has 0 bridgehead atoms. The molecule has 1 aliphatic heterocycles. The maximum Gasteiger partial charge on any atom is 0.0623 e. The van der Waals surface area contributed by atoms with Crippen molar-refractivity contribution in [3.05, 3.63) is 35.9 Å². The van der Waals surface area contributed by atoms with E-state index in [1.165, 1.54) is 5.56 Å². The molecule has 1 heterocycles. The maximum atomic E-state index is 5.80. The Bertz CT molecular complexity index is 336. The van der Waals surface area contributed by atoms with Crippen molar-refractivity contribution in [1.29, 1.82) is 0 Å². The van der Waals surface area contributed by atoms with E-state index in [2.05, 4.69) is 35.6 Å². The molecule has 1 aliphatic rings. The zero-order valence-electron chi connectivity index (χ0n) is 11.8. The van der Waals surface area contributed by atoms with Crippen LogP contribution in [-0.2, 0) is 15.9 Å². The number of rotatable bonds is 8. The third-order valence-corrected chi connectivity index (χ3v) is 3.80. The maximum absolute atomic E-state index is 5.80. The van der Waals surface area contributed by atoms with Gasteiger partial charge in [-0.15, -0.1) is 0 Å². The molecule has 0 aromatic heterocycles. The van der Waals surface area contributed by atoms with Gasteiger partial charge in [0, 0.05) is 25.2 Å². The largest absolute Gasteiger partial charge is 0.381 e. The van der Waals surface area contributed by atoms with Crippen LogP contribution in [-0.4, -0.2) is 39.5 Å². The van der Waals surface area contributed by atoms with Crippen LogP contribution in [0.2, 0.25) is 0 Å². The van der Waals surface area contributed by atoms with Crippen molar-refractivity contribution < 1.29 is 9.47 Å². The first kappa shape index (κ1) is 14.5. The molecule has 1 saturated heterocycles. The van der Waals surface area contributed by atoms with Crippen molar-refractivity contribution >= 4 is 0 Å². The molecule has 2 unspecified atom stereocenters. The van der Waals surface area contributed by atoms with Gasteiger partial charge in [0.15, 0.2) is 0 Å². The summed E-state index contributed by atoms with van der Waals surface area (Å²) in [5, 5.41) is 3.35. The highest BCUT2D eigenvalue weighted by Crippen LogP contribution is 2.16. The van der Waals surface area contributed by atoms with Gasteiger partial charge in [0.05, 0.1) is 13.2 Å². The standard InChI is InChI=1S/C16H25NO2/c1-17-16(15-9-11-19-12-15)13-18-10-5-8-14-6-3-2-4-7-14/h2-4,6-7,15-17H,5,8-13H2,1H3. The normalized spacial score (nSPS) is 20.6. The molecule has 1 N–H and O–H groups in total. The van der Waals surface area contributed by atoms with E-state index < -0.39 is 0 Å². The van der Waals surface area contributed by atoms with E-state index in [0.29, 0.717) is 12.0 Å². The summed E-state index contributed by atoms with van der Waals surface area (Å²) < 4.78 is 11.2. The van der Waals surface area contributed by atoms with Gasteiger partial charge in [0.25, 0.3) is 0 Å². The van der Waals surface area contributed by atoms with Crippen LogP contribution in [0.1, 0.15) is 18.4 Å². The van der Waals surface area contributed by atoms with Crippen LogP contribution in [0.4, 0.5) is 0 Å². The fourth-order valence-electron chi connectivity index (χ4n) is 2.56. The third-order valence-electron chi connectivity index (χ3n) is 3.80. The van der Waals surface area contributed by atoms with Crippen LogP contribution in [0.3, 0.4) is 0 Å². The van der Waals surface area contributed by atoms with E-state index in [0.717, 1.165) is 45.7 Å². The second-order valence-electron chi connectivity index (χ2n) is 5.18. The van der Waals surface area contributed by atoms with Crippen molar-refractivity contribution in [2.24, 2.45) is 5.92 Å². The number of aryl methyl sites for hydroxylation is 1. The molecule has 3 nitrogen and oxygen atoms in total. The van der Waals surface area contributed by atoms with Gasteiger partial charge < -0.3 is 14.8 Å². The molecule has 19 heavy (non-hydrogen) atoms. The molecule has 0 spiro atoms. The average molecular weight is 263 g/mol. The lowest BCUT2D eigenvalue weighted by Gasteiger charge is -2.21. The van der Waals surface area contributed by atoms with Gasteiger partial charge in [0.2, 0.25) is 0 Å².